The summed E-state index contributed by atoms with van der Waals surface area (Å²) >= 11 is 1.36. The molecule has 0 bridgehead atoms. The van der Waals surface area contributed by atoms with Crippen molar-refractivity contribution in [3.05, 3.63) is 72.8 Å². The molecule has 3 rings (SSSR count). The molecule has 1 heterocycles. The van der Waals surface area contributed by atoms with E-state index in [2.05, 4.69) is 22.1 Å². The maximum atomic E-state index is 12.2. The van der Waals surface area contributed by atoms with Gasteiger partial charge in [0.15, 0.2) is 11.0 Å². The zero-order chi connectivity index (χ0) is 19.8. The van der Waals surface area contributed by atoms with Crippen molar-refractivity contribution in [2.45, 2.75) is 18.2 Å². The number of hydrogen-bond donors (Lipinski definition) is 1. The van der Waals surface area contributed by atoms with Gasteiger partial charge in [-0.3, -0.25) is 9.36 Å². The van der Waals surface area contributed by atoms with Crippen LogP contribution in [-0.4, -0.2) is 33.5 Å². The summed E-state index contributed by atoms with van der Waals surface area (Å²) in [7, 11) is 1.62. The number of aromatic nitrogens is 3. The lowest BCUT2D eigenvalue weighted by molar-refractivity contribution is -0.118. The number of rotatable bonds is 9. The number of allylic oxidation sites excluding steroid dienone is 1. The molecule has 0 fully saturated rings. The summed E-state index contributed by atoms with van der Waals surface area (Å²) in [6, 6.07) is 17.5. The molecule has 7 heteroatoms. The number of nitrogens with one attached hydrogen (secondary N) is 1. The van der Waals surface area contributed by atoms with Crippen LogP contribution in [-0.2, 0) is 17.9 Å². The summed E-state index contributed by atoms with van der Waals surface area (Å²) in [5.41, 5.74) is 1.96. The van der Waals surface area contributed by atoms with Crippen LogP contribution in [0, 0.1) is 0 Å². The topological polar surface area (TPSA) is 69.0 Å². The Balaban J connectivity index is 1.61. The molecule has 0 aliphatic heterocycles. The van der Waals surface area contributed by atoms with Gasteiger partial charge in [-0.15, -0.1) is 16.8 Å². The minimum Gasteiger partial charge on any atom is -0.497 e. The third kappa shape index (κ3) is 5.01. The molecular weight excluding hydrogens is 372 g/mol. The van der Waals surface area contributed by atoms with Crippen molar-refractivity contribution >= 4 is 17.7 Å². The van der Waals surface area contributed by atoms with Crippen LogP contribution >= 0.6 is 11.8 Å². The van der Waals surface area contributed by atoms with Crippen LogP contribution in [0.2, 0.25) is 0 Å². The lowest BCUT2D eigenvalue weighted by Crippen LogP contribution is -2.24. The van der Waals surface area contributed by atoms with Crippen molar-refractivity contribution in [3.8, 4) is 17.1 Å². The van der Waals surface area contributed by atoms with Crippen LogP contribution < -0.4 is 10.1 Å². The maximum absolute atomic E-state index is 12.2. The molecule has 0 aliphatic carbocycles. The number of hydrogen-bond acceptors (Lipinski definition) is 5. The monoisotopic (exact) mass is 394 g/mol. The van der Waals surface area contributed by atoms with Gasteiger partial charge in [0.05, 0.1) is 12.9 Å². The van der Waals surface area contributed by atoms with Gasteiger partial charge in [-0.2, -0.15) is 0 Å². The fraction of sp³-hybridized carbons (Fsp3) is 0.190. The highest BCUT2D eigenvalue weighted by molar-refractivity contribution is 7.99. The molecule has 0 atom stereocenters. The van der Waals surface area contributed by atoms with Crippen molar-refractivity contribution in [1.82, 2.24) is 20.1 Å². The molecule has 1 N–H and O–H groups in total. The SMILES string of the molecule is C=CCn1c(SCC(=O)NCc2cccc(OC)c2)nnc1-c1ccccc1. The van der Waals surface area contributed by atoms with Gasteiger partial charge in [-0.1, -0.05) is 60.3 Å². The second-order valence-corrected chi connectivity index (χ2v) is 6.93. The van der Waals surface area contributed by atoms with E-state index in [-0.39, 0.29) is 11.7 Å². The van der Waals surface area contributed by atoms with E-state index < -0.39 is 0 Å². The zero-order valence-corrected chi connectivity index (χ0v) is 16.5. The Kier molecular flexibility index (Phi) is 6.86. The number of amides is 1. The van der Waals surface area contributed by atoms with Gasteiger partial charge in [0, 0.05) is 18.7 Å². The summed E-state index contributed by atoms with van der Waals surface area (Å²) in [5.74, 6) is 1.72. The van der Waals surface area contributed by atoms with E-state index in [4.69, 9.17) is 4.74 Å². The van der Waals surface area contributed by atoms with Crippen LogP contribution in [0.25, 0.3) is 11.4 Å². The smallest absolute Gasteiger partial charge is 0.230 e. The Hall–Kier alpha value is -3.06. The van der Waals surface area contributed by atoms with Crippen LogP contribution in [0.5, 0.6) is 5.75 Å². The summed E-state index contributed by atoms with van der Waals surface area (Å²) in [5, 5.41) is 12.2. The average molecular weight is 395 g/mol. The Labute approximate surface area is 168 Å². The molecule has 1 amide bonds. The first-order valence-electron chi connectivity index (χ1n) is 8.83. The van der Waals surface area contributed by atoms with E-state index >= 15 is 0 Å². The number of ether oxygens (including phenoxy) is 1. The number of thioether (sulfide) groups is 1. The lowest BCUT2D eigenvalue weighted by Gasteiger charge is -2.09. The number of methoxy groups -OCH3 is 1. The minimum absolute atomic E-state index is 0.0674. The molecule has 2 aromatic carbocycles. The Bertz CT molecular complexity index is 941. The third-order valence-corrected chi connectivity index (χ3v) is 4.98. The van der Waals surface area contributed by atoms with Crippen LogP contribution in [0.1, 0.15) is 5.56 Å². The van der Waals surface area contributed by atoms with E-state index in [1.165, 1.54) is 11.8 Å². The Morgan fingerprint density at radius 1 is 1.21 bits per heavy atom. The molecular formula is C21H22N4O2S. The predicted molar refractivity (Wildman–Crippen MR) is 111 cm³/mol. The zero-order valence-electron chi connectivity index (χ0n) is 15.7. The Morgan fingerprint density at radius 2 is 2.04 bits per heavy atom. The quantitative estimate of drug-likeness (QED) is 0.444. The molecule has 144 valence electrons. The molecule has 0 saturated heterocycles. The van der Waals surface area contributed by atoms with E-state index in [1.54, 1.807) is 13.2 Å². The van der Waals surface area contributed by atoms with Gasteiger partial charge in [-0.25, -0.2) is 0 Å². The highest BCUT2D eigenvalue weighted by Crippen LogP contribution is 2.23. The van der Waals surface area contributed by atoms with Crippen molar-refractivity contribution in [3.63, 3.8) is 0 Å². The van der Waals surface area contributed by atoms with E-state index in [1.807, 2.05) is 59.2 Å². The van der Waals surface area contributed by atoms with E-state index in [9.17, 15) is 4.79 Å². The van der Waals surface area contributed by atoms with Crippen LogP contribution in [0.4, 0.5) is 0 Å². The highest BCUT2D eigenvalue weighted by Gasteiger charge is 2.14. The number of carbonyl (C=O) groups excluding carboxylic acids is 1. The summed E-state index contributed by atoms with van der Waals surface area (Å²) in [6.07, 6.45) is 1.79. The maximum Gasteiger partial charge on any atom is 0.230 e. The molecule has 0 radical (unpaired) electrons. The number of carbonyl (C=O) groups is 1. The average Bonchev–Trinajstić information content (AvgIpc) is 3.14. The van der Waals surface area contributed by atoms with Gasteiger partial charge in [-0.05, 0) is 17.7 Å². The van der Waals surface area contributed by atoms with Gasteiger partial charge < -0.3 is 10.1 Å². The number of benzene rings is 2. The first-order chi connectivity index (χ1) is 13.7. The first kappa shape index (κ1) is 19.7. The molecule has 0 unspecified atom stereocenters. The second kappa shape index (κ2) is 9.75. The van der Waals surface area contributed by atoms with Crippen LogP contribution in [0.3, 0.4) is 0 Å². The molecule has 0 aliphatic rings. The van der Waals surface area contributed by atoms with Crippen molar-refractivity contribution in [1.29, 1.82) is 0 Å². The fourth-order valence-corrected chi connectivity index (χ4v) is 3.43. The number of nitrogens with zero attached hydrogens (tertiary/aromatic N) is 3. The highest BCUT2D eigenvalue weighted by atomic mass is 32.2. The lowest BCUT2D eigenvalue weighted by atomic mass is 10.2. The molecule has 6 nitrogen and oxygen atoms in total. The standard InChI is InChI=1S/C21H22N4O2S/c1-3-12-25-20(17-9-5-4-6-10-17)23-24-21(25)28-15-19(26)22-14-16-8-7-11-18(13-16)27-2/h3-11,13H,1,12,14-15H2,2H3,(H,22,26). The van der Waals surface area contributed by atoms with Gasteiger partial charge in [0.1, 0.15) is 5.75 Å². The fourth-order valence-electron chi connectivity index (χ4n) is 2.65. The minimum atomic E-state index is -0.0674. The molecule has 3 aromatic rings. The largest absolute Gasteiger partial charge is 0.497 e. The van der Waals surface area contributed by atoms with Crippen molar-refractivity contribution in [2.24, 2.45) is 0 Å². The Morgan fingerprint density at radius 3 is 2.79 bits per heavy atom. The second-order valence-electron chi connectivity index (χ2n) is 5.99. The summed E-state index contributed by atoms with van der Waals surface area (Å²) in [6.45, 7) is 4.83. The summed E-state index contributed by atoms with van der Waals surface area (Å²) < 4.78 is 7.16. The first-order valence-corrected chi connectivity index (χ1v) is 9.81. The van der Waals surface area contributed by atoms with Crippen molar-refractivity contribution < 1.29 is 9.53 Å². The molecule has 0 saturated carbocycles. The summed E-state index contributed by atoms with van der Waals surface area (Å²) in [4.78, 5) is 12.2. The van der Waals surface area contributed by atoms with Gasteiger partial charge in [0.25, 0.3) is 0 Å². The third-order valence-electron chi connectivity index (χ3n) is 4.02. The van der Waals surface area contributed by atoms with E-state index in [0.717, 1.165) is 22.7 Å². The predicted octanol–water partition coefficient (Wildman–Crippen LogP) is 3.55. The molecule has 1 aromatic heterocycles. The molecule has 0 spiro atoms. The van der Waals surface area contributed by atoms with E-state index in [0.29, 0.717) is 18.2 Å². The van der Waals surface area contributed by atoms with Gasteiger partial charge >= 0.3 is 0 Å². The normalized spacial score (nSPS) is 10.5. The van der Waals surface area contributed by atoms with Crippen LogP contribution in [0.15, 0.2) is 72.4 Å². The van der Waals surface area contributed by atoms with Crippen molar-refractivity contribution in [2.75, 3.05) is 12.9 Å². The van der Waals surface area contributed by atoms with Gasteiger partial charge in [0.2, 0.25) is 5.91 Å². The molecule has 28 heavy (non-hydrogen) atoms.